The summed E-state index contributed by atoms with van der Waals surface area (Å²) in [5, 5.41) is 12.2. The minimum absolute atomic E-state index is 0.00314. The van der Waals surface area contributed by atoms with Crippen molar-refractivity contribution >= 4 is 11.9 Å². The zero-order valence-corrected chi connectivity index (χ0v) is 18.0. The molecule has 0 radical (unpaired) electrons. The van der Waals surface area contributed by atoms with Crippen LogP contribution in [0.2, 0.25) is 0 Å². The number of aliphatic carboxylic acids is 1. The van der Waals surface area contributed by atoms with Gasteiger partial charge in [-0.1, -0.05) is 45.0 Å². The molecular formula is C25H31NO4. The number of carboxylic acids is 1. The summed E-state index contributed by atoms with van der Waals surface area (Å²) in [4.78, 5) is 24.1. The third-order valence-corrected chi connectivity index (χ3v) is 5.58. The van der Waals surface area contributed by atoms with Gasteiger partial charge in [-0.05, 0) is 66.5 Å². The molecule has 0 unspecified atom stereocenters. The van der Waals surface area contributed by atoms with Crippen molar-refractivity contribution in [3.63, 3.8) is 0 Å². The molecule has 0 heterocycles. The number of rotatable bonds is 7. The van der Waals surface area contributed by atoms with Gasteiger partial charge in [0.2, 0.25) is 0 Å². The maximum atomic E-state index is 12.7. The van der Waals surface area contributed by atoms with Gasteiger partial charge in [0.25, 0.3) is 5.91 Å². The van der Waals surface area contributed by atoms with Gasteiger partial charge >= 0.3 is 5.97 Å². The van der Waals surface area contributed by atoms with Gasteiger partial charge in [0, 0.05) is 5.56 Å². The lowest BCUT2D eigenvalue weighted by Gasteiger charge is -2.20. The van der Waals surface area contributed by atoms with E-state index in [1.165, 1.54) is 12.8 Å². The van der Waals surface area contributed by atoms with Crippen LogP contribution in [0.5, 0.6) is 5.75 Å². The fourth-order valence-corrected chi connectivity index (χ4v) is 3.77. The van der Waals surface area contributed by atoms with E-state index in [0.717, 1.165) is 29.7 Å². The molecule has 0 bridgehead atoms. The molecule has 1 fully saturated rings. The van der Waals surface area contributed by atoms with Gasteiger partial charge in [-0.3, -0.25) is 9.59 Å². The molecule has 1 aliphatic carbocycles. The zero-order valence-electron chi connectivity index (χ0n) is 18.0. The number of carbonyl (C=O) groups is 2. The van der Waals surface area contributed by atoms with Crippen molar-refractivity contribution in [1.29, 1.82) is 0 Å². The van der Waals surface area contributed by atoms with Crippen molar-refractivity contribution in [2.45, 2.75) is 70.4 Å². The lowest BCUT2D eigenvalue weighted by Crippen LogP contribution is -2.30. The summed E-state index contributed by atoms with van der Waals surface area (Å²) in [6.45, 7) is 6.35. The number of benzene rings is 2. The molecule has 0 saturated heterocycles. The molecule has 160 valence electrons. The minimum Gasteiger partial charge on any atom is -0.490 e. The van der Waals surface area contributed by atoms with Crippen LogP contribution in [0.4, 0.5) is 0 Å². The first-order valence-corrected chi connectivity index (χ1v) is 10.6. The molecule has 0 aliphatic heterocycles. The SMILES string of the molecule is CC(C)(C)c1ccc(C(=O)N[C@@H](CC(=O)O)c2ccc(OC3CCCC3)cc2)cc1. The molecule has 2 aromatic rings. The van der Waals surface area contributed by atoms with Gasteiger partial charge in [-0.15, -0.1) is 0 Å². The Kier molecular flexibility index (Phi) is 6.80. The first-order valence-electron chi connectivity index (χ1n) is 10.6. The molecule has 1 aliphatic rings. The monoisotopic (exact) mass is 409 g/mol. The summed E-state index contributed by atoms with van der Waals surface area (Å²) < 4.78 is 5.98. The van der Waals surface area contributed by atoms with Crippen molar-refractivity contribution in [2.75, 3.05) is 0 Å². The summed E-state index contributed by atoms with van der Waals surface area (Å²) >= 11 is 0. The second-order valence-corrected chi connectivity index (χ2v) is 9.04. The van der Waals surface area contributed by atoms with Gasteiger partial charge in [0.05, 0.1) is 18.6 Å². The lowest BCUT2D eigenvalue weighted by molar-refractivity contribution is -0.137. The Morgan fingerprint density at radius 2 is 1.63 bits per heavy atom. The molecule has 0 aromatic heterocycles. The predicted molar refractivity (Wildman–Crippen MR) is 117 cm³/mol. The number of ether oxygens (including phenoxy) is 1. The van der Waals surface area contributed by atoms with Crippen molar-refractivity contribution in [2.24, 2.45) is 0 Å². The van der Waals surface area contributed by atoms with E-state index < -0.39 is 12.0 Å². The molecular weight excluding hydrogens is 378 g/mol. The van der Waals surface area contributed by atoms with Crippen LogP contribution in [0, 0.1) is 0 Å². The number of carbonyl (C=O) groups excluding carboxylic acids is 1. The van der Waals surface area contributed by atoms with Gasteiger partial charge in [0.1, 0.15) is 5.75 Å². The molecule has 30 heavy (non-hydrogen) atoms. The third-order valence-electron chi connectivity index (χ3n) is 5.58. The quantitative estimate of drug-likeness (QED) is 0.655. The van der Waals surface area contributed by atoms with Gasteiger partial charge in [0.15, 0.2) is 0 Å². The number of hydrogen-bond acceptors (Lipinski definition) is 3. The molecule has 1 amide bonds. The molecule has 5 nitrogen and oxygen atoms in total. The van der Waals surface area contributed by atoms with E-state index in [9.17, 15) is 14.7 Å². The molecule has 3 rings (SSSR count). The fourth-order valence-electron chi connectivity index (χ4n) is 3.77. The van der Waals surface area contributed by atoms with Crippen molar-refractivity contribution in [3.8, 4) is 5.75 Å². The Morgan fingerprint density at radius 3 is 2.17 bits per heavy atom. The van der Waals surface area contributed by atoms with Gasteiger partial charge in [-0.25, -0.2) is 0 Å². The largest absolute Gasteiger partial charge is 0.490 e. The predicted octanol–water partition coefficient (Wildman–Crippen LogP) is 5.25. The first-order chi connectivity index (χ1) is 14.2. The molecule has 2 N–H and O–H groups in total. The number of carboxylic acid groups (broad SMARTS) is 1. The lowest BCUT2D eigenvalue weighted by atomic mass is 9.86. The van der Waals surface area contributed by atoms with Crippen LogP contribution in [0.3, 0.4) is 0 Å². The van der Waals surface area contributed by atoms with Crippen molar-refractivity contribution in [1.82, 2.24) is 5.32 Å². The Labute approximate surface area is 178 Å². The maximum Gasteiger partial charge on any atom is 0.305 e. The highest BCUT2D eigenvalue weighted by atomic mass is 16.5. The molecule has 1 atom stereocenters. The maximum absolute atomic E-state index is 12.7. The van der Waals surface area contributed by atoms with Crippen LogP contribution in [0.15, 0.2) is 48.5 Å². The van der Waals surface area contributed by atoms with Crippen LogP contribution < -0.4 is 10.1 Å². The van der Waals surface area contributed by atoms with Crippen molar-refractivity contribution < 1.29 is 19.4 Å². The van der Waals surface area contributed by atoms with E-state index in [0.29, 0.717) is 5.56 Å². The van der Waals surface area contributed by atoms with E-state index in [-0.39, 0.29) is 23.8 Å². The topological polar surface area (TPSA) is 75.6 Å². The van der Waals surface area contributed by atoms with Crippen molar-refractivity contribution in [3.05, 3.63) is 65.2 Å². The highest BCUT2D eigenvalue weighted by Gasteiger charge is 2.21. The van der Waals surface area contributed by atoms with Gasteiger partial charge in [-0.2, -0.15) is 0 Å². The second kappa shape index (κ2) is 9.33. The highest BCUT2D eigenvalue weighted by Crippen LogP contribution is 2.27. The minimum atomic E-state index is -0.963. The third kappa shape index (κ3) is 5.85. The summed E-state index contributed by atoms with van der Waals surface area (Å²) in [6.07, 6.45) is 4.63. The molecule has 0 spiro atoms. The normalized spacial score (nSPS) is 15.6. The molecule has 5 heteroatoms. The average Bonchev–Trinajstić information content (AvgIpc) is 3.20. The van der Waals surface area contributed by atoms with E-state index in [2.05, 4.69) is 26.1 Å². The van der Waals surface area contributed by atoms with Crippen LogP contribution >= 0.6 is 0 Å². The Hall–Kier alpha value is -2.82. The summed E-state index contributed by atoms with van der Waals surface area (Å²) in [7, 11) is 0. The first kappa shape index (κ1) is 21.9. The van der Waals surface area contributed by atoms with E-state index in [1.807, 2.05) is 36.4 Å². The second-order valence-electron chi connectivity index (χ2n) is 9.04. The van der Waals surface area contributed by atoms with E-state index in [1.54, 1.807) is 12.1 Å². The number of nitrogens with one attached hydrogen (secondary N) is 1. The summed E-state index contributed by atoms with van der Waals surface area (Å²) in [5.41, 5.74) is 2.40. The Morgan fingerprint density at radius 1 is 1.03 bits per heavy atom. The Bertz CT molecular complexity index is 860. The van der Waals surface area contributed by atoms with Crippen LogP contribution in [-0.2, 0) is 10.2 Å². The van der Waals surface area contributed by atoms with Crippen LogP contribution in [0.25, 0.3) is 0 Å². The zero-order chi connectivity index (χ0) is 21.7. The standard InChI is InChI=1S/C25H31NO4/c1-25(2,3)19-12-8-18(9-13-19)24(29)26-22(16-23(27)28)17-10-14-21(15-11-17)30-20-6-4-5-7-20/h8-15,20,22H,4-7,16H2,1-3H3,(H,26,29)(H,27,28)/t22-/m0/s1. The number of hydrogen-bond donors (Lipinski definition) is 2. The smallest absolute Gasteiger partial charge is 0.305 e. The van der Waals surface area contributed by atoms with E-state index >= 15 is 0 Å². The fraction of sp³-hybridized carbons (Fsp3) is 0.440. The summed E-state index contributed by atoms with van der Waals surface area (Å²) in [5.74, 6) is -0.466. The molecule has 2 aromatic carbocycles. The highest BCUT2D eigenvalue weighted by molar-refractivity contribution is 5.94. The summed E-state index contributed by atoms with van der Waals surface area (Å²) in [6, 6.07) is 14.2. The van der Waals surface area contributed by atoms with E-state index in [4.69, 9.17) is 4.74 Å². The molecule has 1 saturated carbocycles. The van der Waals surface area contributed by atoms with Crippen LogP contribution in [0.1, 0.15) is 80.4 Å². The van der Waals surface area contributed by atoms with Gasteiger partial charge < -0.3 is 15.2 Å². The number of amides is 1. The van der Waals surface area contributed by atoms with Crippen LogP contribution in [-0.4, -0.2) is 23.1 Å². The average molecular weight is 410 g/mol. The Balaban J connectivity index is 1.70.